The molecule has 0 saturated carbocycles. The summed E-state index contributed by atoms with van der Waals surface area (Å²) in [4.78, 5) is 12.3. The van der Waals surface area contributed by atoms with Crippen LogP contribution in [0.5, 0.6) is 0 Å². The van der Waals surface area contributed by atoms with Crippen LogP contribution in [0.3, 0.4) is 0 Å². The molecule has 0 amide bonds. The molecule has 2 aromatic rings. The van der Waals surface area contributed by atoms with Crippen LogP contribution >= 0.6 is 0 Å². The fraction of sp³-hybridized carbons (Fsp3) is 0.364. The van der Waals surface area contributed by atoms with E-state index in [0.29, 0.717) is 11.1 Å². The number of aliphatic carboxylic acids is 1. The number of rotatable bonds is 3. The van der Waals surface area contributed by atoms with Gasteiger partial charge in [-0.1, -0.05) is 12.1 Å². The van der Waals surface area contributed by atoms with E-state index in [1.54, 1.807) is 16.9 Å². The van der Waals surface area contributed by atoms with Gasteiger partial charge in [-0.2, -0.15) is 15.0 Å². The lowest BCUT2D eigenvalue weighted by molar-refractivity contribution is -0.136. The minimum absolute atomic E-state index is 0.0197. The average Bonchev–Trinajstić information content (AvgIpc) is 2.61. The van der Waals surface area contributed by atoms with Crippen LogP contribution in [0.4, 0.5) is 0 Å². The summed E-state index contributed by atoms with van der Waals surface area (Å²) in [6, 6.07) is 5.59. The third kappa shape index (κ3) is 1.88. The smallest absolute Gasteiger partial charge is 0.307 e. The van der Waals surface area contributed by atoms with E-state index in [2.05, 4.69) is 10.2 Å². The van der Waals surface area contributed by atoms with Crippen molar-refractivity contribution in [3.63, 3.8) is 0 Å². The first-order valence-electron chi connectivity index (χ1n) is 5.14. The van der Waals surface area contributed by atoms with E-state index in [9.17, 15) is 4.79 Å². The molecule has 16 heavy (non-hydrogen) atoms. The van der Waals surface area contributed by atoms with Crippen molar-refractivity contribution in [3.05, 3.63) is 23.8 Å². The number of fused-ring (bicyclic) bond motifs is 1. The molecular weight excluding hydrogens is 206 g/mol. The van der Waals surface area contributed by atoms with Crippen LogP contribution in [0.2, 0.25) is 0 Å². The van der Waals surface area contributed by atoms with Crippen LogP contribution in [0.15, 0.2) is 18.2 Å². The molecule has 0 fully saturated rings. The van der Waals surface area contributed by atoms with Crippen LogP contribution in [0.1, 0.15) is 25.5 Å². The van der Waals surface area contributed by atoms with Gasteiger partial charge in [0.2, 0.25) is 0 Å². The van der Waals surface area contributed by atoms with Gasteiger partial charge in [0.15, 0.2) is 0 Å². The maximum absolute atomic E-state index is 10.7. The molecule has 0 aliphatic rings. The van der Waals surface area contributed by atoms with Gasteiger partial charge in [0.1, 0.15) is 11.0 Å². The fourth-order valence-corrected chi connectivity index (χ4v) is 1.55. The van der Waals surface area contributed by atoms with Gasteiger partial charge in [-0.05, 0) is 25.5 Å². The lowest BCUT2D eigenvalue weighted by Gasteiger charge is -2.00. The Kier molecular flexibility index (Phi) is 2.60. The van der Waals surface area contributed by atoms with E-state index < -0.39 is 5.97 Å². The van der Waals surface area contributed by atoms with Crippen LogP contribution in [-0.2, 0) is 11.2 Å². The van der Waals surface area contributed by atoms with Gasteiger partial charge < -0.3 is 5.11 Å². The molecule has 0 saturated heterocycles. The number of carboxylic acids is 1. The summed E-state index contributed by atoms with van der Waals surface area (Å²) in [7, 11) is 0. The molecule has 0 radical (unpaired) electrons. The molecule has 0 spiro atoms. The summed E-state index contributed by atoms with van der Waals surface area (Å²) in [6.07, 6.45) is -0.0197. The fourth-order valence-electron chi connectivity index (χ4n) is 1.55. The second-order valence-electron chi connectivity index (χ2n) is 3.97. The molecule has 0 atom stereocenters. The number of hydrogen-bond donors (Lipinski definition) is 1. The van der Waals surface area contributed by atoms with E-state index in [0.717, 1.165) is 5.52 Å². The highest BCUT2D eigenvalue weighted by molar-refractivity contribution is 5.82. The SMILES string of the molecule is CC(C)n1nc2cccc(CC(=O)O)c2n1. The van der Waals surface area contributed by atoms with Crippen molar-refractivity contribution >= 4 is 17.0 Å². The van der Waals surface area contributed by atoms with Crippen molar-refractivity contribution < 1.29 is 9.90 Å². The molecule has 84 valence electrons. The zero-order chi connectivity index (χ0) is 11.7. The Balaban J connectivity index is 2.54. The maximum Gasteiger partial charge on any atom is 0.307 e. The van der Waals surface area contributed by atoms with Crippen molar-refractivity contribution in [1.82, 2.24) is 15.0 Å². The van der Waals surface area contributed by atoms with Crippen molar-refractivity contribution in [2.45, 2.75) is 26.3 Å². The predicted molar refractivity (Wildman–Crippen MR) is 59.3 cm³/mol. The molecule has 1 aromatic carbocycles. The van der Waals surface area contributed by atoms with Gasteiger partial charge in [-0.15, -0.1) is 0 Å². The van der Waals surface area contributed by atoms with Gasteiger partial charge in [0.25, 0.3) is 0 Å². The van der Waals surface area contributed by atoms with Crippen molar-refractivity contribution in [3.8, 4) is 0 Å². The Morgan fingerprint density at radius 3 is 2.81 bits per heavy atom. The lowest BCUT2D eigenvalue weighted by Crippen LogP contribution is -2.04. The van der Waals surface area contributed by atoms with Crippen molar-refractivity contribution in [2.24, 2.45) is 0 Å². The highest BCUT2D eigenvalue weighted by atomic mass is 16.4. The third-order valence-corrected chi connectivity index (χ3v) is 2.31. The lowest BCUT2D eigenvalue weighted by atomic mass is 10.1. The highest BCUT2D eigenvalue weighted by Gasteiger charge is 2.11. The largest absolute Gasteiger partial charge is 0.481 e. The normalized spacial score (nSPS) is 11.2. The standard InChI is InChI=1S/C11H13N3O2/c1-7(2)14-12-9-5-3-4-8(6-10(15)16)11(9)13-14/h3-5,7H,6H2,1-2H3,(H,15,16). The van der Waals surface area contributed by atoms with Gasteiger partial charge in [0.05, 0.1) is 12.5 Å². The van der Waals surface area contributed by atoms with E-state index in [4.69, 9.17) is 5.11 Å². The van der Waals surface area contributed by atoms with E-state index >= 15 is 0 Å². The minimum atomic E-state index is -0.855. The molecule has 2 rings (SSSR count). The average molecular weight is 219 g/mol. The highest BCUT2D eigenvalue weighted by Crippen LogP contribution is 2.16. The molecule has 0 aliphatic heterocycles. The van der Waals surface area contributed by atoms with Gasteiger partial charge >= 0.3 is 5.97 Å². The molecule has 1 aromatic heterocycles. The summed E-state index contributed by atoms with van der Waals surface area (Å²) >= 11 is 0. The first-order valence-corrected chi connectivity index (χ1v) is 5.14. The van der Waals surface area contributed by atoms with Crippen molar-refractivity contribution in [1.29, 1.82) is 0 Å². The van der Waals surface area contributed by atoms with E-state index in [-0.39, 0.29) is 12.5 Å². The van der Waals surface area contributed by atoms with E-state index in [1.165, 1.54) is 0 Å². The predicted octanol–water partition coefficient (Wildman–Crippen LogP) is 1.64. The topological polar surface area (TPSA) is 68.0 Å². The summed E-state index contributed by atoms with van der Waals surface area (Å²) in [5.74, 6) is -0.855. The second kappa shape index (κ2) is 3.92. The molecule has 0 bridgehead atoms. The Hall–Kier alpha value is -1.91. The maximum atomic E-state index is 10.7. The summed E-state index contributed by atoms with van der Waals surface area (Å²) < 4.78 is 0. The Morgan fingerprint density at radius 1 is 1.44 bits per heavy atom. The molecule has 1 heterocycles. The summed E-state index contributed by atoms with van der Waals surface area (Å²) in [6.45, 7) is 3.96. The number of hydrogen-bond acceptors (Lipinski definition) is 3. The van der Waals surface area contributed by atoms with Crippen LogP contribution < -0.4 is 0 Å². The first-order chi connectivity index (χ1) is 7.58. The first kappa shape index (κ1) is 10.6. The molecule has 5 nitrogen and oxygen atoms in total. The number of carboxylic acid groups (broad SMARTS) is 1. The molecule has 0 unspecified atom stereocenters. The monoisotopic (exact) mass is 219 g/mol. The minimum Gasteiger partial charge on any atom is -0.481 e. The summed E-state index contributed by atoms with van der Waals surface area (Å²) in [5.41, 5.74) is 2.13. The number of aromatic nitrogens is 3. The molecule has 0 aliphatic carbocycles. The zero-order valence-electron chi connectivity index (χ0n) is 9.21. The number of benzene rings is 1. The van der Waals surface area contributed by atoms with Crippen LogP contribution in [-0.4, -0.2) is 26.1 Å². The molecule has 1 N–H and O–H groups in total. The van der Waals surface area contributed by atoms with Gasteiger partial charge in [-0.25, -0.2) is 0 Å². The second-order valence-corrected chi connectivity index (χ2v) is 3.97. The Labute approximate surface area is 92.7 Å². The zero-order valence-corrected chi connectivity index (χ0v) is 9.21. The van der Waals surface area contributed by atoms with E-state index in [1.807, 2.05) is 19.9 Å². The number of nitrogens with zero attached hydrogens (tertiary/aromatic N) is 3. The molecule has 5 heteroatoms. The van der Waals surface area contributed by atoms with Crippen LogP contribution in [0.25, 0.3) is 11.0 Å². The Bertz CT molecular complexity index is 531. The summed E-state index contributed by atoms with van der Waals surface area (Å²) in [5, 5.41) is 17.4. The van der Waals surface area contributed by atoms with Gasteiger partial charge in [0, 0.05) is 0 Å². The third-order valence-electron chi connectivity index (χ3n) is 2.31. The van der Waals surface area contributed by atoms with Crippen molar-refractivity contribution in [2.75, 3.05) is 0 Å². The number of carbonyl (C=O) groups is 1. The van der Waals surface area contributed by atoms with Crippen LogP contribution in [0, 0.1) is 0 Å². The molecular formula is C11H13N3O2. The quantitative estimate of drug-likeness (QED) is 0.852. The Morgan fingerprint density at radius 2 is 2.19 bits per heavy atom. The van der Waals surface area contributed by atoms with Gasteiger partial charge in [-0.3, -0.25) is 4.79 Å².